The molecular formula is C19H15N5O2. The summed E-state index contributed by atoms with van der Waals surface area (Å²) in [6.45, 7) is 1.93. The van der Waals surface area contributed by atoms with Gasteiger partial charge in [-0.2, -0.15) is 9.97 Å². The minimum atomic E-state index is 0.195. The van der Waals surface area contributed by atoms with E-state index in [1.807, 2.05) is 37.3 Å². The smallest absolute Gasteiger partial charge is 0.249 e. The number of hydrogen-bond donors (Lipinski definition) is 1. The van der Waals surface area contributed by atoms with Crippen molar-refractivity contribution < 1.29 is 9.47 Å². The standard InChI is InChI=1S/C19H15N5O2/c1-12-7-8-13-4-2-6-15(17(13)24-12)26-19-16(20)18(22-11-23-19)25-14-5-3-9-21-10-14/h2-11H,20H2,1H3. The van der Waals surface area contributed by atoms with E-state index in [1.165, 1.54) is 6.33 Å². The number of aryl methyl sites for hydroxylation is 1. The van der Waals surface area contributed by atoms with Crippen molar-refractivity contribution in [1.29, 1.82) is 0 Å². The van der Waals surface area contributed by atoms with Crippen molar-refractivity contribution in [2.45, 2.75) is 6.92 Å². The van der Waals surface area contributed by atoms with Gasteiger partial charge in [0.05, 0.1) is 6.20 Å². The summed E-state index contributed by atoms with van der Waals surface area (Å²) in [7, 11) is 0. The van der Waals surface area contributed by atoms with E-state index in [0.29, 0.717) is 11.5 Å². The molecule has 1 aromatic carbocycles. The average molecular weight is 345 g/mol. The molecule has 0 radical (unpaired) electrons. The highest BCUT2D eigenvalue weighted by atomic mass is 16.5. The first-order chi connectivity index (χ1) is 12.7. The van der Waals surface area contributed by atoms with Gasteiger partial charge in [-0.3, -0.25) is 4.98 Å². The van der Waals surface area contributed by atoms with E-state index in [-0.39, 0.29) is 17.4 Å². The van der Waals surface area contributed by atoms with Crippen molar-refractivity contribution in [3.63, 3.8) is 0 Å². The summed E-state index contributed by atoms with van der Waals surface area (Å²) in [5, 5.41) is 0.965. The molecule has 3 aromatic heterocycles. The van der Waals surface area contributed by atoms with E-state index in [4.69, 9.17) is 15.2 Å². The van der Waals surface area contributed by atoms with Crippen LogP contribution in [0.5, 0.6) is 23.3 Å². The lowest BCUT2D eigenvalue weighted by atomic mass is 10.2. The van der Waals surface area contributed by atoms with Gasteiger partial charge in [-0.05, 0) is 31.2 Å². The van der Waals surface area contributed by atoms with Crippen LogP contribution < -0.4 is 15.2 Å². The molecule has 3 heterocycles. The molecule has 0 spiro atoms. The molecule has 0 atom stereocenters. The summed E-state index contributed by atoms with van der Waals surface area (Å²) in [4.78, 5) is 16.7. The normalized spacial score (nSPS) is 10.7. The summed E-state index contributed by atoms with van der Waals surface area (Å²) >= 11 is 0. The number of ether oxygens (including phenoxy) is 2. The molecule has 0 aliphatic heterocycles. The van der Waals surface area contributed by atoms with Crippen molar-refractivity contribution in [1.82, 2.24) is 19.9 Å². The maximum absolute atomic E-state index is 6.14. The Labute approximate surface area is 149 Å². The van der Waals surface area contributed by atoms with Gasteiger partial charge in [0.15, 0.2) is 11.4 Å². The van der Waals surface area contributed by atoms with Crippen LogP contribution in [0.25, 0.3) is 10.9 Å². The van der Waals surface area contributed by atoms with E-state index in [0.717, 1.165) is 16.6 Å². The Hall–Kier alpha value is -3.74. The molecule has 0 aliphatic carbocycles. The van der Waals surface area contributed by atoms with Gasteiger partial charge in [-0.25, -0.2) is 4.98 Å². The van der Waals surface area contributed by atoms with Crippen molar-refractivity contribution in [3.05, 3.63) is 66.9 Å². The van der Waals surface area contributed by atoms with Crippen LogP contribution in [0.2, 0.25) is 0 Å². The average Bonchev–Trinajstić information content (AvgIpc) is 2.66. The van der Waals surface area contributed by atoms with Gasteiger partial charge in [0, 0.05) is 17.3 Å². The number of anilines is 1. The fraction of sp³-hybridized carbons (Fsp3) is 0.0526. The minimum Gasteiger partial charge on any atom is -0.435 e. The Morgan fingerprint density at radius 3 is 2.58 bits per heavy atom. The van der Waals surface area contributed by atoms with Crippen LogP contribution in [0, 0.1) is 6.92 Å². The summed E-state index contributed by atoms with van der Waals surface area (Å²) < 4.78 is 11.6. The van der Waals surface area contributed by atoms with Crippen LogP contribution in [0.1, 0.15) is 5.69 Å². The fourth-order valence-corrected chi connectivity index (χ4v) is 2.45. The summed E-state index contributed by atoms with van der Waals surface area (Å²) in [6, 6.07) is 13.1. The minimum absolute atomic E-state index is 0.195. The Morgan fingerprint density at radius 1 is 0.923 bits per heavy atom. The second-order valence-corrected chi connectivity index (χ2v) is 5.57. The molecule has 0 amide bonds. The van der Waals surface area contributed by atoms with E-state index in [1.54, 1.807) is 24.5 Å². The Bertz CT molecular complexity index is 1070. The first-order valence-corrected chi connectivity index (χ1v) is 7.93. The molecule has 26 heavy (non-hydrogen) atoms. The highest BCUT2D eigenvalue weighted by Crippen LogP contribution is 2.35. The number of para-hydroxylation sites is 1. The zero-order valence-corrected chi connectivity index (χ0v) is 14.0. The van der Waals surface area contributed by atoms with Gasteiger partial charge >= 0.3 is 0 Å². The summed E-state index contributed by atoms with van der Waals surface area (Å²) in [5.74, 6) is 1.48. The van der Waals surface area contributed by atoms with Gasteiger partial charge in [-0.15, -0.1) is 0 Å². The molecular weight excluding hydrogens is 330 g/mol. The second-order valence-electron chi connectivity index (χ2n) is 5.57. The number of pyridine rings is 2. The van der Waals surface area contributed by atoms with E-state index in [9.17, 15) is 0 Å². The van der Waals surface area contributed by atoms with Crippen LogP contribution >= 0.6 is 0 Å². The summed E-state index contributed by atoms with van der Waals surface area (Å²) in [6.07, 6.45) is 4.56. The van der Waals surface area contributed by atoms with E-state index >= 15 is 0 Å². The van der Waals surface area contributed by atoms with Gasteiger partial charge in [0.25, 0.3) is 0 Å². The molecule has 0 saturated heterocycles. The summed E-state index contributed by atoms with van der Waals surface area (Å²) in [5.41, 5.74) is 7.96. The molecule has 0 unspecified atom stereocenters. The lowest BCUT2D eigenvalue weighted by Crippen LogP contribution is -2.01. The number of hydrogen-bond acceptors (Lipinski definition) is 7. The van der Waals surface area contributed by atoms with E-state index in [2.05, 4.69) is 19.9 Å². The number of benzene rings is 1. The third-order valence-corrected chi connectivity index (χ3v) is 3.69. The monoisotopic (exact) mass is 345 g/mol. The maximum atomic E-state index is 6.14. The van der Waals surface area contributed by atoms with Crippen LogP contribution in [-0.2, 0) is 0 Å². The SMILES string of the molecule is Cc1ccc2cccc(Oc3ncnc(Oc4cccnc4)c3N)c2n1. The number of nitrogens with zero attached hydrogens (tertiary/aromatic N) is 4. The number of fused-ring (bicyclic) bond motifs is 1. The molecule has 0 aliphatic rings. The first kappa shape index (κ1) is 15.8. The lowest BCUT2D eigenvalue weighted by molar-refractivity contribution is 0.439. The molecule has 4 rings (SSSR count). The molecule has 7 nitrogen and oxygen atoms in total. The van der Waals surface area contributed by atoms with Gasteiger partial charge in [0.2, 0.25) is 11.8 Å². The van der Waals surface area contributed by atoms with Crippen molar-refractivity contribution in [3.8, 4) is 23.3 Å². The van der Waals surface area contributed by atoms with Gasteiger partial charge in [-0.1, -0.05) is 18.2 Å². The quantitative estimate of drug-likeness (QED) is 0.599. The van der Waals surface area contributed by atoms with Gasteiger partial charge < -0.3 is 15.2 Å². The first-order valence-electron chi connectivity index (χ1n) is 7.93. The van der Waals surface area contributed by atoms with Crippen molar-refractivity contribution >= 4 is 16.6 Å². The Morgan fingerprint density at radius 2 is 1.77 bits per heavy atom. The molecule has 0 bridgehead atoms. The van der Waals surface area contributed by atoms with Crippen LogP contribution in [-0.4, -0.2) is 19.9 Å². The molecule has 2 N–H and O–H groups in total. The number of aromatic nitrogens is 4. The second kappa shape index (κ2) is 6.64. The zero-order chi connectivity index (χ0) is 17.9. The number of nitrogen functional groups attached to an aromatic ring is 1. The van der Waals surface area contributed by atoms with Crippen molar-refractivity contribution in [2.75, 3.05) is 5.73 Å². The van der Waals surface area contributed by atoms with Crippen LogP contribution in [0.15, 0.2) is 61.2 Å². The topological polar surface area (TPSA) is 96.0 Å². The van der Waals surface area contributed by atoms with E-state index < -0.39 is 0 Å². The third-order valence-electron chi connectivity index (χ3n) is 3.69. The number of rotatable bonds is 4. The Kier molecular flexibility index (Phi) is 4.03. The van der Waals surface area contributed by atoms with Crippen LogP contribution in [0.4, 0.5) is 5.69 Å². The third kappa shape index (κ3) is 3.10. The van der Waals surface area contributed by atoms with Gasteiger partial charge in [0.1, 0.15) is 17.6 Å². The van der Waals surface area contributed by atoms with Crippen LogP contribution in [0.3, 0.4) is 0 Å². The molecule has 0 fully saturated rings. The van der Waals surface area contributed by atoms with Crippen molar-refractivity contribution in [2.24, 2.45) is 0 Å². The highest BCUT2D eigenvalue weighted by Gasteiger charge is 2.14. The number of nitrogens with two attached hydrogens (primary N) is 1. The fourth-order valence-electron chi connectivity index (χ4n) is 2.45. The Balaban J connectivity index is 1.69. The maximum Gasteiger partial charge on any atom is 0.249 e. The predicted molar refractivity (Wildman–Crippen MR) is 97.3 cm³/mol. The largest absolute Gasteiger partial charge is 0.435 e. The molecule has 7 heteroatoms. The predicted octanol–water partition coefficient (Wildman–Crippen LogP) is 3.90. The zero-order valence-electron chi connectivity index (χ0n) is 14.0. The molecule has 0 saturated carbocycles. The molecule has 128 valence electrons. The molecule has 4 aromatic rings. The highest BCUT2D eigenvalue weighted by molar-refractivity contribution is 5.85. The lowest BCUT2D eigenvalue weighted by Gasteiger charge is -2.12.